The molecule has 0 bridgehead atoms. The van der Waals surface area contributed by atoms with Crippen LogP contribution in [0.5, 0.6) is 0 Å². The summed E-state index contributed by atoms with van der Waals surface area (Å²) >= 11 is 0. The molecule has 0 amide bonds. The molecule has 0 spiro atoms. The van der Waals surface area contributed by atoms with E-state index in [1.165, 1.54) is 270 Å². The molecule has 0 aromatic rings. The Bertz CT molecular complexity index is 775. The minimum Gasteiger partial charge on any atom is -0.596 e. The fourth-order valence-electron chi connectivity index (χ4n) is 8.37. The molecule has 0 aliphatic carbocycles. The summed E-state index contributed by atoms with van der Waals surface area (Å²) in [6.07, 6.45) is 65.0. The molecular weight excluding hydrogens is 896 g/mol. The molecule has 0 aliphatic rings. The summed E-state index contributed by atoms with van der Waals surface area (Å²) in [7, 11) is -6.43. The van der Waals surface area contributed by atoms with Crippen LogP contribution < -0.4 is 14.7 Å². The second kappa shape index (κ2) is 68.0. The van der Waals surface area contributed by atoms with Crippen molar-refractivity contribution in [1.82, 2.24) is 0 Å². The second-order valence-electron chi connectivity index (χ2n) is 19.1. The molecule has 0 saturated carbocycles. The first kappa shape index (κ1) is 71.2. The zero-order chi connectivity index (χ0) is 46.8. The van der Waals surface area contributed by atoms with Crippen molar-refractivity contribution in [2.45, 2.75) is 329 Å². The maximum absolute atomic E-state index is 10.4. The van der Waals surface area contributed by atoms with E-state index in [1.807, 2.05) is 0 Å². The van der Waals surface area contributed by atoms with Gasteiger partial charge in [-0.25, -0.2) is 0 Å². The van der Waals surface area contributed by atoms with E-state index in [0.717, 1.165) is 38.5 Å². The molecule has 64 heavy (non-hydrogen) atoms. The molecule has 0 heterocycles. The van der Waals surface area contributed by atoms with Gasteiger partial charge in [0.15, 0.2) is 0 Å². The van der Waals surface area contributed by atoms with Crippen molar-refractivity contribution in [2.24, 2.45) is 0 Å². The molecule has 3 atom stereocenters. The van der Waals surface area contributed by atoms with Gasteiger partial charge in [-0.2, -0.15) is 0 Å². The molecule has 0 aromatic carbocycles. The van der Waals surface area contributed by atoms with Crippen LogP contribution in [0.25, 0.3) is 0 Å². The van der Waals surface area contributed by atoms with Gasteiger partial charge in [0, 0.05) is 0 Å². The van der Waals surface area contributed by atoms with Gasteiger partial charge in [0.25, 0.3) is 0 Å². The standard InChI is InChI=1S/3C18H37O2P.Co/c3*1-2-3-4-5-6-7-8-9-10-11-12-13-14-15-16-17-18-21(19)20;/h3*2-18H2,1H3;/q;;;+3. The van der Waals surface area contributed by atoms with Crippen LogP contribution in [-0.4, -0.2) is 18.5 Å². The zero-order valence-electron chi connectivity index (χ0n) is 43.2. The molecular formula is C54H111CoO6P3+3. The van der Waals surface area contributed by atoms with Gasteiger partial charge in [0.05, 0.1) is 0 Å². The molecule has 0 N–H and O–H groups in total. The Morgan fingerprint density at radius 3 is 0.391 bits per heavy atom. The van der Waals surface area contributed by atoms with Crippen molar-refractivity contribution >= 4 is 24.1 Å². The fraction of sp³-hybridized carbons (Fsp3) is 1.00. The maximum Gasteiger partial charge on any atom is 3.00 e. The van der Waals surface area contributed by atoms with Crippen LogP contribution in [0.4, 0.5) is 0 Å². The summed E-state index contributed by atoms with van der Waals surface area (Å²) in [6, 6.07) is 0. The predicted octanol–water partition coefficient (Wildman–Crippen LogP) is 19.0. The van der Waals surface area contributed by atoms with Crippen LogP contribution in [0, 0.1) is 0 Å². The molecule has 3 unspecified atom stereocenters. The minimum absolute atomic E-state index is 0. The number of rotatable bonds is 51. The number of hydrogen-bond acceptors (Lipinski definition) is 6. The molecule has 0 radical (unpaired) electrons. The van der Waals surface area contributed by atoms with E-state index in [4.69, 9.17) is 0 Å². The topological polar surface area (TPSA) is 120 Å². The van der Waals surface area contributed by atoms with Crippen molar-refractivity contribution in [1.29, 1.82) is 0 Å². The number of unbranched alkanes of at least 4 members (excludes halogenated alkanes) is 45. The Morgan fingerprint density at radius 2 is 0.297 bits per heavy atom. The third-order valence-electron chi connectivity index (χ3n) is 12.6. The van der Waals surface area contributed by atoms with Gasteiger partial charge in [0.1, 0.15) is 18.5 Å². The maximum atomic E-state index is 10.4. The third-order valence-corrected chi connectivity index (χ3v) is 14.6. The SMILES string of the molecule is CCCCCCCCCCCCCCCCCC[P+](=O)[O-].CCCCCCCCCCCCCCCCCC[P+](=O)[O-].CCCCCCCCCCCCCCCCCC[P+](=O)[O-].[Co+3]. The van der Waals surface area contributed by atoms with E-state index >= 15 is 0 Å². The summed E-state index contributed by atoms with van der Waals surface area (Å²) in [4.78, 5) is 31.2. The van der Waals surface area contributed by atoms with Crippen LogP contribution in [0.2, 0.25) is 0 Å². The van der Waals surface area contributed by atoms with Gasteiger partial charge in [-0.3, -0.25) is 0 Å². The van der Waals surface area contributed by atoms with Crippen molar-refractivity contribution in [3.63, 3.8) is 0 Å². The van der Waals surface area contributed by atoms with Gasteiger partial charge in [-0.15, -0.1) is 0 Å². The molecule has 0 aromatic heterocycles. The third kappa shape index (κ3) is 79.8. The second-order valence-corrected chi connectivity index (χ2v) is 22.4. The van der Waals surface area contributed by atoms with Gasteiger partial charge in [0.2, 0.25) is 0 Å². The van der Waals surface area contributed by atoms with Crippen LogP contribution in [0.1, 0.15) is 329 Å². The zero-order valence-corrected chi connectivity index (χ0v) is 46.9. The van der Waals surface area contributed by atoms with Crippen LogP contribution in [0.15, 0.2) is 0 Å². The van der Waals surface area contributed by atoms with Gasteiger partial charge in [-0.1, -0.05) is 304 Å². The first-order valence-corrected chi connectivity index (χ1v) is 32.3. The molecule has 0 fully saturated rings. The summed E-state index contributed by atoms with van der Waals surface area (Å²) in [5.41, 5.74) is 0. The average molecular weight is 1010 g/mol. The van der Waals surface area contributed by atoms with Crippen LogP contribution >= 0.6 is 24.1 Å². The average Bonchev–Trinajstić information content (AvgIpc) is 3.26. The van der Waals surface area contributed by atoms with Crippen LogP contribution in [-0.2, 0) is 30.5 Å². The summed E-state index contributed by atoms with van der Waals surface area (Å²) in [5, 5.41) is 0. The van der Waals surface area contributed by atoms with Crippen molar-refractivity contribution in [3.05, 3.63) is 0 Å². The Balaban J connectivity index is -0.000000419. The minimum atomic E-state index is -2.14. The smallest absolute Gasteiger partial charge is 0.596 e. The van der Waals surface area contributed by atoms with Crippen molar-refractivity contribution < 1.29 is 45.2 Å². The van der Waals surface area contributed by atoms with Crippen molar-refractivity contribution in [3.8, 4) is 0 Å². The summed E-state index contributed by atoms with van der Waals surface area (Å²) in [6.45, 7) is 6.82. The van der Waals surface area contributed by atoms with E-state index in [1.54, 1.807) is 0 Å². The Kier molecular flexibility index (Phi) is 75.6. The Labute approximate surface area is 414 Å². The van der Waals surface area contributed by atoms with E-state index < -0.39 is 24.1 Å². The van der Waals surface area contributed by atoms with Crippen molar-refractivity contribution in [2.75, 3.05) is 18.5 Å². The van der Waals surface area contributed by atoms with E-state index in [0.29, 0.717) is 18.5 Å². The normalized spacial score (nSPS) is 11.6. The van der Waals surface area contributed by atoms with E-state index in [9.17, 15) is 28.4 Å². The number of hydrogen-bond donors (Lipinski definition) is 0. The first-order chi connectivity index (χ1) is 30.8. The van der Waals surface area contributed by atoms with Crippen LogP contribution in [0.3, 0.4) is 0 Å². The quantitative estimate of drug-likeness (QED) is 0.0442. The van der Waals surface area contributed by atoms with Gasteiger partial charge >= 0.3 is 40.9 Å². The monoisotopic (exact) mass is 1010 g/mol. The molecule has 0 rings (SSSR count). The molecule has 0 aliphatic heterocycles. The molecule has 10 heteroatoms. The fourth-order valence-corrected chi connectivity index (χ4v) is 9.81. The largest absolute Gasteiger partial charge is 3.00 e. The van der Waals surface area contributed by atoms with E-state index in [2.05, 4.69) is 20.8 Å². The molecule has 6 nitrogen and oxygen atoms in total. The molecule has 384 valence electrons. The Morgan fingerprint density at radius 1 is 0.203 bits per heavy atom. The molecule has 0 saturated heterocycles. The predicted molar refractivity (Wildman–Crippen MR) is 276 cm³/mol. The first-order valence-electron chi connectivity index (χ1n) is 28.2. The summed E-state index contributed by atoms with van der Waals surface area (Å²) in [5.74, 6) is 0. The summed E-state index contributed by atoms with van der Waals surface area (Å²) < 4.78 is 31.2. The van der Waals surface area contributed by atoms with Gasteiger partial charge < -0.3 is 14.7 Å². The van der Waals surface area contributed by atoms with Gasteiger partial charge in [-0.05, 0) is 38.5 Å². The Hall–Kier alpha value is 0.686. The van der Waals surface area contributed by atoms with E-state index in [-0.39, 0.29) is 16.8 Å².